The highest BCUT2D eigenvalue weighted by molar-refractivity contribution is 6.05. The summed E-state index contributed by atoms with van der Waals surface area (Å²) in [6.45, 7) is 5.07. The van der Waals surface area contributed by atoms with E-state index < -0.39 is 6.04 Å². The van der Waals surface area contributed by atoms with E-state index in [1.807, 2.05) is 18.3 Å². The standard InChI is InChI=1S/C24H28N6O3/c31-22-4-3-20(23(32)27-22)29-14-16-2-1-15(9-19(16)24(29)33)13-28-7-5-18(6-8-28)30-21-12-25-10-17(21)11-26-30/h1-2,9,11,18,20,25H,3-8,10,12-14H2,(H,27,31,32). The predicted octanol–water partition coefficient (Wildman–Crippen LogP) is 1.08. The van der Waals surface area contributed by atoms with E-state index >= 15 is 0 Å². The molecule has 1 unspecified atom stereocenters. The Kier molecular flexibility index (Phi) is 5.03. The van der Waals surface area contributed by atoms with Crippen molar-refractivity contribution >= 4 is 17.7 Å². The first-order valence-corrected chi connectivity index (χ1v) is 11.8. The van der Waals surface area contributed by atoms with E-state index in [1.54, 1.807) is 4.90 Å². The van der Waals surface area contributed by atoms with Crippen molar-refractivity contribution in [1.82, 2.24) is 30.2 Å². The summed E-state index contributed by atoms with van der Waals surface area (Å²) in [6.07, 6.45) is 4.81. The van der Waals surface area contributed by atoms with Crippen molar-refractivity contribution in [3.8, 4) is 0 Å². The summed E-state index contributed by atoms with van der Waals surface area (Å²) in [4.78, 5) is 40.8. The maximum Gasteiger partial charge on any atom is 0.255 e. The van der Waals surface area contributed by atoms with Crippen molar-refractivity contribution < 1.29 is 14.4 Å². The van der Waals surface area contributed by atoms with Gasteiger partial charge in [0.2, 0.25) is 11.8 Å². The SMILES string of the molecule is O=C1CCC(N2Cc3ccc(CN4CCC(n5ncc6c5CNC6)CC4)cc3C2=O)C(=O)N1. The Hall–Kier alpha value is -3.04. The van der Waals surface area contributed by atoms with E-state index in [4.69, 9.17) is 0 Å². The molecule has 6 rings (SSSR count). The quantitative estimate of drug-likeness (QED) is 0.680. The van der Waals surface area contributed by atoms with Gasteiger partial charge in [0, 0.05) is 56.8 Å². The molecule has 0 bridgehead atoms. The number of nitrogens with zero attached hydrogens (tertiary/aromatic N) is 4. The first kappa shape index (κ1) is 20.6. The Balaban J connectivity index is 1.09. The summed E-state index contributed by atoms with van der Waals surface area (Å²) in [5.41, 5.74) is 5.42. The zero-order chi connectivity index (χ0) is 22.5. The third-order valence-electron chi connectivity index (χ3n) is 7.49. The van der Waals surface area contributed by atoms with Gasteiger partial charge in [-0.05, 0) is 36.5 Å². The van der Waals surface area contributed by atoms with Crippen molar-refractivity contribution in [1.29, 1.82) is 0 Å². The van der Waals surface area contributed by atoms with Crippen molar-refractivity contribution in [2.24, 2.45) is 0 Å². The first-order valence-electron chi connectivity index (χ1n) is 11.8. The molecule has 9 nitrogen and oxygen atoms in total. The highest BCUT2D eigenvalue weighted by Crippen LogP contribution is 2.30. The molecule has 0 aliphatic carbocycles. The predicted molar refractivity (Wildman–Crippen MR) is 119 cm³/mol. The summed E-state index contributed by atoms with van der Waals surface area (Å²) in [5, 5.41) is 10.4. The van der Waals surface area contributed by atoms with Gasteiger partial charge >= 0.3 is 0 Å². The van der Waals surface area contributed by atoms with Crippen LogP contribution in [0.3, 0.4) is 0 Å². The number of fused-ring (bicyclic) bond motifs is 2. The lowest BCUT2D eigenvalue weighted by Crippen LogP contribution is -2.52. The fourth-order valence-electron chi connectivity index (χ4n) is 5.68. The van der Waals surface area contributed by atoms with Gasteiger partial charge in [0.1, 0.15) is 6.04 Å². The topological polar surface area (TPSA) is 99.6 Å². The molecule has 2 fully saturated rings. The number of hydrogen-bond donors (Lipinski definition) is 2. The highest BCUT2D eigenvalue weighted by atomic mass is 16.2. The normalized spacial score (nSPS) is 23.7. The number of imide groups is 1. The molecule has 3 amide bonds. The molecule has 9 heteroatoms. The number of amides is 3. The number of likely N-dealkylation sites (tertiary alicyclic amines) is 1. The average molecular weight is 449 g/mol. The first-order chi connectivity index (χ1) is 16.1. The van der Waals surface area contributed by atoms with Crippen LogP contribution in [0.5, 0.6) is 0 Å². The van der Waals surface area contributed by atoms with E-state index in [9.17, 15) is 14.4 Å². The summed E-state index contributed by atoms with van der Waals surface area (Å²) >= 11 is 0. The van der Waals surface area contributed by atoms with E-state index in [-0.39, 0.29) is 24.1 Å². The van der Waals surface area contributed by atoms with Gasteiger partial charge < -0.3 is 10.2 Å². The van der Waals surface area contributed by atoms with Crippen molar-refractivity contribution in [3.05, 3.63) is 52.3 Å². The molecule has 1 atom stereocenters. The largest absolute Gasteiger partial charge is 0.322 e. The van der Waals surface area contributed by atoms with Gasteiger partial charge in [-0.25, -0.2) is 0 Å². The fourth-order valence-corrected chi connectivity index (χ4v) is 5.68. The Bertz CT molecular complexity index is 1130. The minimum atomic E-state index is -0.566. The number of hydrogen-bond acceptors (Lipinski definition) is 6. The molecule has 4 aliphatic heterocycles. The van der Waals surface area contributed by atoms with Crippen LogP contribution in [0.2, 0.25) is 0 Å². The molecule has 5 heterocycles. The molecule has 2 aromatic rings. The second-order valence-corrected chi connectivity index (χ2v) is 9.56. The number of carbonyl (C=O) groups excluding carboxylic acids is 3. The molecule has 2 saturated heterocycles. The lowest BCUT2D eigenvalue weighted by molar-refractivity contribution is -0.136. The summed E-state index contributed by atoms with van der Waals surface area (Å²) in [5.74, 6) is -0.740. The summed E-state index contributed by atoms with van der Waals surface area (Å²) in [7, 11) is 0. The number of carbonyl (C=O) groups is 3. The number of benzene rings is 1. The number of rotatable bonds is 4. The van der Waals surface area contributed by atoms with E-state index in [2.05, 4.69) is 31.4 Å². The zero-order valence-corrected chi connectivity index (χ0v) is 18.5. The smallest absolute Gasteiger partial charge is 0.255 e. The molecule has 2 N–H and O–H groups in total. The molecular weight excluding hydrogens is 420 g/mol. The van der Waals surface area contributed by atoms with Gasteiger partial charge in [-0.1, -0.05) is 12.1 Å². The van der Waals surface area contributed by atoms with Crippen LogP contribution in [0.4, 0.5) is 0 Å². The van der Waals surface area contributed by atoms with Gasteiger partial charge in [0.25, 0.3) is 5.91 Å². The van der Waals surface area contributed by atoms with Gasteiger partial charge in [0.05, 0.1) is 17.9 Å². The fraction of sp³-hybridized carbons (Fsp3) is 0.500. The van der Waals surface area contributed by atoms with E-state index in [1.165, 1.54) is 11.3 Å². The maximum atomic E-state index is 13.1. The summed E-state index contributed by atoms with van der Waals surface area (Å²) in [6, 6.07) is 5.99. The van der Waals surface area contributed by atoms with Crippen LogP contribution in [-0.2, 0) is 35.8 Å². The van der Waals surface area contributed by atoms with Crippen LogP contribution < -0.4 is 10.6 Å². The summed E-state index contributed by atoms with van der Waals surface area (Å²) < 4.78 is 2.23. The van der Waals surface area contributed by atoms with Crippen LogP contribution in [0, 0.1) is 0 Å². The highest BCUT2D eigenvalue weighted by Gasteiger charge is 2.39. The number of aromatic nitrogens is 2. The van der Waals surface area contributed by atoms with E-state index in [0.717, 1.165) is 56.7 Å². The molecule has 172 valence electrons. The van der Waals surface area contributed by atoms with E-state index in [0.29, 0.717) is 24.6 Å². The molecule has 4 aliphatic rings. The molecule has 1 aromatic carbocycles. The second kappa shape index (κ2) is 8.07. The minimum Gasteiger partial charge on any atom is -0.322 e. The van der Waals surface area contributed by atoms with Crippen LogP contribution >= 0.6 is 0 Å². The monoisotopic (exact) mass is 448 g/mol. The Morgan fingerprint density at radius 1 is 1.03 bits per heavy atom. The van der Waals surface area contributed by atoms with Crippen LogP contribution in [0.1, 0.15) is 64.5 Å². The molecule has 0 saturated carbocycles. The molecule has 0 spiro atoms. The third kappa shape index (κ3) is 3.65. The Morgan fingerprint density at radius 3 is 2.70 bits per heavy atom. The molecular formula is C24H28N6O3. The molecule has 1 aromatic heterocycles. The van der Waals surface area contributed by atoms with Crippen LogP contribution in [0.25, 0.3) is 0 Å². The van der Waals surface area contributed by atoms with Crippen molar-refractivity contribution in [3.63, 3.8) is 0 Å². The van der Waals surface area contributed by atoms with Crippen LogP contribution in [-0.4, -0.2) is 56.4 Å². The third-order valence-corrected chi connectivity index (χ3v) is 7.49. The molecule has 0 radical (unpaired) electrons. The lowest BCUT2D eigenvalue weighted by atomic mass is 10.0. The number of nitrogens with one attached hydrogen (secondary N) is 2. The zero-order valence-electron chi connectivity index (χ0n) is 18.5. The van der Waals surface area contributed by atoms with Crippen LogP contribution in [0.15, 0.2) is 24.4 Å². The average Bonchev–Trinajstić information content (AvgIpc) is 3.50. The number of piperidine rings is 2. The van der Waals surface area contributed by atoms with Gasteiger partial charge in [-0.15, -0.1) is 0 Å². The minimum absolute atomic E-state index is 0.110. The Labute approximate surface area is 192 Å². The van der Waals surface area contributed by atoms with Gasteiger partial charge in [-0.2, -0.15) is 5.10 Å². The van der Waals surface area contributed by atoms with Crippen molar-refractivity contribution in [2.75, 3.05) is 13.1 Å². The maximum absolute atomic E-state index is 13.1. The van der Waals surface area contributed by atoms with Gasteiger partial charge in [0.15, 0.2) is 0 Å². The second-order valence-electron chi connectivity index (χ2n) is 9.56. The lowest BCUT2D eigenvalue weighted by Gasteiger charge is -2.32. The Morgan fingerprint density at radius 2 is 1.88 bits per heavy atom. The molecule has 33 heavy (non-hydrogen) atoms. The van der Waals surface area contributed by atoms with Gasteiger partial charge in [-0.3, -0.25) is 29.3 Å². The van der Waals surface area contributed by atoms with Crippen molar-refractivity contribution in [2.45, 2.75) is 63.9 Å².